The molecule has 5 rings (SSSR count). The Morgan fingerprint density at radius 3 is 2.62 bits per heavy atom. The van der Waals surface area contributed by atoms with Crippen molar-refractivity contribution >= 4 is 16.7 Å². The van der Waals surface area contributed by atoms with Crippen molar-refractivity contribution < 1.29 is 13.6 Å². The summed E-state index contributed by atoms with van der Waals surface area (Å²) in [5.41, 5.74) is 1.12. The Hall–Kier alpha value is -3.06. The number of carbonyl (C=O) groups excluding carboxylic acids is 1. The van der Waals surface area contributed by atoms with Gasteiger partial charge >= 0.3 is 0 Å². The van der Waals surface area contributed by atoms with Crippen LogP contribution in [0.2, 0.25) is 0 Å². The van der Waals surface area contributed by atoms with Gasteiger partial charge in [0.25, 0.3) is 11.5 Å². The highest BCUT2D eigenvalue weighted by molar-refractivity contribution is 6.08. The van der Waals surface area contributed by atoms with Crippen LogP contribution in [0.1, 0.15) is 53.0 Å². The molecule has 1 saturated heterocycles. The fraction of sp³-hybridized carbons (Fsp3) is 0.360. The van der Waals surface area contributed by atoms with E-state index in [4.69, 9.17) is 0 Å². The third kappa shape index (κ3) is 3.60. The van der Waals surface area contributed by atoms with Crippen molar-refractivity contribution in [2.45, 2.75) is 38.3 Å². The van der Waals surface area contributed by atoms with E-state index in [0.29, 0.717) is 28.8 Å². The predicted molar refractivity (Wildman–Crippen MR) is 119 cm³/mol. The van der Waals surface area contributed by atoms with Crippen molar-refractivity contribution in [3.63, 3.8) is 0 Å². The number of hydrogen-bond donors (Lipinski definition) is 2. The Labute approximate surface area is 184 Å². The maximum Gasteiger partial charge on any atom is 0.261 e. The number of rotatable bonds is 5. The average Bonchev–Trinajstić information content (AvgIpc) is 3.46. The lowest BCUT2D eigenvalue weighted by atomic mass is 9.98. The zero-order chi connectivity index (χ0) is 22.4. The molecule has 0 spiro atoms. The SMILES string of the molecule is Cc1c(C(=O)N[C@H](c2cccc(F)c2)C2CC2)c2cccc(F)c2c(=O)n1[C@@H]1CCNC1. The summed E-state index contributed by atoms with van der Waals surface area (Å²) in [7, 11) is 0. The van der Waals surface area contributed by atoms with Gasteiger partial charge < -0.3 is 15.2 Å². The highest BCUT2D eigenvalue weighted by atomic mass is 19.1. The minimum atomic E-state index is -0.634. The second-order valence-corrected chi connectivity index (χ2v) is 8.79. The minimum Gasteiger partial charge on any atom is -0.345 e. The van der Waals surface area contributed by atoms with Gasteiger partial charge in [-0.3, -0.25) is 9.59 Å². The highest BCUT2D eigenvalue weighted by Gasteiger charge is 2.35. The molecule has 2 heterocycles. The molecule has 2 atom stereocenters. The largest absolute Gasteiger partial charge is 0.345 e. The first-order valence-corrected chi connectivity index (χ1v) is 11.1. The molecule has 1 aliphatic carbocycles. The van der Waals surface area contributed by atoms with Gasteiger partial charge in [-0.1, -0.05) is 24.3 Å². The molecule has 2 fully saturated rings. The molecule has 0 bridgehead atoms. The Morgan fingerprint density at radius 1 is 1.16 bits per heavy atom. The van der Waals surface area contributed by atoms with Gasteiger partial charge in [-0.2, -0.15) is 0 Å². The first kappa shape index (κ1) is 20.8. The molecule has 2 N–H and O–H groups in total. The number of amides is 1. The van der Waals surface area contributed by atoms with E-state index in [1.807, 2.05) is 6.07 Å². The summed E-state index contributed by atoms with van der Waals surface area (Å²) in [5, 5.41) is 6.54. The van der Waals surface area contributed by atoms with Crippen LogP contribution in [0, 0.1) is 24.5 Å². The van der Waals surface area contributed by atoms with Crippen LogP contribution in [0.4, 0.5) is 8.78 Å². The van der Waals surface area contributed by atoms with Crippen molar-refractivity contribution in [3.8, 4) is 0 Å². The maximum absolute atomic E-state index is 14.8. The zero-order valence-corrected chi connectivity index (χ0v) is 17.8. The normalized spacial score (nSPS) is 19.3. The minimum absolute atomic E-state index is 0.0659. The summed E-state index contributed by atoms with van der Waals surface area (Å²) in [6.07, 6.45) is 2.63. The van der Waals surface area contributed by atoms with Gasteiger partial charge in [-0.15, -0.1) is 0 Å². The first-order chi connectivity index (χ1) is 15.5. The van der Waals surface area contributed by atoms with E-state index < -0.39 is 11.4 Å². The first-order valence-electron chi connectivity index (χ1n) is 11.1. The van der Waals surface area contributed by atoms with E-state index in [1.54, 1.807) is 23.6 Å². The van der Waals surface area contributed by atoms with Gasteiger partial charge in [0, 0.05) is 17.6 Å². The molecule has 2 aliphatic rings. The quantitative estimate of drug-likeness (QED) is 0.634. The summed E-state index contributed by atoms with van der Waals surface area (Å²) < 4.78 is 30.2. The number of halogens is 2. The van der Waals surface area contributed by atoms with E-state index in [2.05, 4.69) is 10.6 Å². The smallest absolute Gasteiger partial charge is 0.261 e. The molecule has 2 aromatic carbocycles. The van der Waals surface area contributed by atoms with Crippen molar-refractivity contribution in [1.82, 2.24) is 15.2 Å². The lowest BCUT2D eigenvalue weighted by molar-refractivity contribution is 0.0931. The third-order valence-corrected chi connectivity index (χ3v) is 6.65. The Balaban J connectivity index is 1.63. The number of pyridine rings is 1. The van der Waals surface area contributed by atoms with Crippen LogP contribution in [0.5, 0.6) is 0 Å². The van der Waals surface area contributed by atoms with Crippen LogP contribution in [0.25, 0.3) is 10.8 Å². The fourth-order valence-corrected chi connectivity index (χ4v) is 4.94. The van der Waals surface area contributed by atoms with E-state index in [0.717, 1.165) is 25.8 Å². The molecular weight excluding hydrogens is 412 g/mol. The summed E-state index contributed by atoms with van der Waals surface area (Å²) in [5.74, 6) is -1.13. The number of nitrogens with one attached hydrogen (secondary N) is 2. The number of aromatic nitrogens is 1. The molecule has 166 valence electrons. The molecule has 7 heteroatoms. The van der Waals surface area contributed by atoms with Crippen LogP contribution in [-0.4, -0.2) is 23.6 Å². The van der Waals surface area contributed by atoms with Gasteiger partial charge in [0.15, 0.2) is 0 Å². The highest BCUT2D eigenvalue weighted by Crippen LogP contribution is 2.41. The molecule has 0 radical (unpaired) electrons. The monoisotopic (exact) mass is 437 g/mol. The summed E-state index contributed by atoms with van der Waals surface area (Å²) >= 11 is 0. The van der Waals surface area contributed by atoms with Crippen LogP contribution >= 0.6 is 0 Å². The number of benzene rings is 2. The molecule has 5 nitrogen and oxygen atoms in total. The zero-order valence-electron chi connectivity index (χ0n) is 17.8. The fourth-order valence-electron chi connectivity index (χ4n) is 4.94. The Bertz CT molecular complexity index is 1260. The summed E-state index contributed by atoms with van der Waals surface area (Å²) in [6.45, 7) is 3.10. The van der Waals surface area contributed by atoms with Crippen molar-refractivity contribution in [2.75, 3.05) is 13.1 Å². The van der Waals surface area contributed by atoms with E-state index >= 15 is 0 Å². The van der Waals surface area contributed by atoms with Gasteiger partial charge in [0.05, 0.1) is 23.0 Å². The molecular formula is C25H25F2N3O2. The molecule has 1 aliphatic heterocycles. The lowest BCUT2D eigenvalue weighted by Gasteiger charge is -2.24. The summed E-state index contributed by atoms with van der Waals surface area (Å²) in [4.78, 5) is 26.9. The molecule has 1 saturated carbocycles. The average molecular weight is 437 g/mol. The third-order valence-electron chi connectivity index (χ3n) is 6.65. The standard InChI is InChI=1S/C25H25F2N3O2/c1-14-21(24(31)29-23(15-8-9-15)16-4-2-5-17(26)12-16)19-6-3-7-20(27)22(19)25(32)30(14)18-10-11-28-13-18/h2-7,12,15,18,23,28H,8-11,13H2,1H3,(H,29,31)/t18-,23+/m1/s1. The van der Waals surface area contributed by atoms with Crippen molar-refractivity contribution in [2.24, 2.45) is 5.92 Å². The second kappa shape index (κ2) is 8.13. The van der Waals surface area contributed by atoms with Gasteiger partial charge in [0.1, 0.15) is 11.6 Å². The van der Waals surface area contributed by atoms with Crippen LogP contribution in [-0.2, 0) is 0 Å². The van der Waals surface area contributed by atoms with Crippen molar-refractivity contribution in [1.29, 1.82) is 0 Å². The predicted octanol–water partition coefficient (Wildman–Crippen LogP) is 4.00. The summed E-state index contributed by atoms with van der Waals surface area (Å²) in [6, 6.07) is 10.2. The second-order valence-electron chi connectivity index (χ2n) is 8.79. The number of fused-ring (bicyclic) bond motifs is 1. The molecule has 0 unspecified atom stereocenters. The Kier molecular flexibility index (Phi) is 5.29. The van der Waals surface area contributed by atoms with E-state index in [9.17, 15) is 18.4 Å². The molecule has 1 aromatic heterocycles. The molecule has 32 heavy (non-hydrogen) atoms. The molecule has 1 amide bonds. The Morgan fingerprint density at radius 2 is 1.94 bits per heavy atom. The van der Waals surface area contributed by atoms with Crippen LogP contribution < -0.4 is 16.2 Å². The van der Waals surface area contributed by atoms with Gasteiger partial charge in [0.2, 0.25) is 0 Å². The number of hydrogen-bond acceptors (Lipinski definition) is 3. The number of carbonyl (C=O) groups is 1. The van der Waals surface area contributed by atoms with Crippen molar-refractivity contribution in [3.05, 3.63) is 81.3 Å². The van der Waals surface area contributed by atoms with E-state index in [1.165, 1.54) is 24.3 Å². The topological polar surface area (TPSA) is 63.1 Å². The maximum atomic E-state index is 14.8. The lowest BCUT2D eigenvalue weighted by Crippen LogP contribution is -2.35. The van der Waals surface area contributed by atoms with Crippen LogP contribution in [0.15, 0.2) is 47.3 Å². The number of nitrogens with zero attached hydrogens (tertiary/aromatic N) is 1. The van der Waals surface area contributed by atoms with E-state index in [-0.39, 0.29) is 35.1 Å². The van der Waals surface area contributed by atoms with Crippen LogP contribution in [0.3, 0.4) is 0 Å². The van der Waals surface area contributed by atoms with Gasteiger partial charge in [-0.25, -0.2) is 8.78 Å². The van der Waals surface area contributed by atoms with Gasteiger partial charge in [-0.05, 0) is 62.4 Å². The molecule has 3 aromatic rings.